The van der Waals surface area contributed by atoms with Gasteiger partial charge >= 0.3 is 0 Å². The maximum absolute atomic E-state index is 13.3. The molecule has 1 aromatic carbocycles. The zero-order valence-electron chi connectivity index (χ0n) is 15.3. The normalized spacial score (nSPS) is 15.4. The topological polar surface area (TPSA) is 38.1 Å². The molecule has 0 aliphatic carbocycles. The minimum absolute atomic E-state index is 0.110. The number of pyridine rings is 2. The van der Waals surface area contributed by atoms with Crippen molar-refractivity contribution in [3.05, 3.63) is 75.8 Å². The summed E-state index contributed by atoms with van der Waals surface area (Å²) in [5.74, 6) is 0. The highest BCUT2D eigenvalue weighted by molar-refractivity contribution is 5.80. The molecule has 0 saturated carbocycles. The third-order valence-corrected chi connectivity index (χ3v) is 5.22. The molecule has 1 aliphatic rings. The highest BCUT2D eigenvalue weighted by atomic mass is 16.1. The van der Waals surface area contributed by atoms with Crippen molar-refractivity contribution >= 4 is 10.9 Å². The molecule has 0 atom stereocenters. The second-order valence-electron chi connectivity index (χ2n) is 7.28. The first kappa shape index (κ1) is 17.0. The predicted molar refractivity (Wildman–Crippen MR) is 105 cm³/mol. The van der Waals surface area contributed by atoms with E-state index in [2.05, 4.69) is 41.1 Å². The highest BCUT2D eigenvalue weighted by Gasteiger charge is 2.15. The van der Waals surface area contributed by atoms with Gasteiger partial charge in [0.05, 0.1) is 17.8 Å². The summed E-state index contributed by atoms with van der Waals surface area (Å²) in [7, 11) is 0. The molecular weight excluding hydrogens is 322 g/mol. The van der Waals surface area contributed by atoms with Crippen molar-refractivity contribution in [2.24, 2.45) is 0 Å². The third-order valence-electron chi connectivity index (χ3n) is 5.22. The maximum Gasteiger partial charge on any atom is 0.255 e. The van der Waals surface area contributed by atoms with Gasteiger partial charge in [0.25, 0.3) is 5.56 Å². The maximum atomic E-state index is 13.3. The Hall–Kier alpha value is -2.46. The lowest BCUT2D eigenvalue weighted by Gasteiger charge is -2.26. The Labute approximate surface area is 154 Å². The average molecular weight is 347 g/mol. The average Bonchev–Trinajstić information content (AvgIpc) is 2.67. The van der Waals surface area contributed by atoms with Gasteiger partial charge in [-0.25, -0.2) is 0 Å². The fourth-order valence-corrected chi connectivity index (χ4v) is 3.82. The van der Waals surface area contributed by atoms with Gasteiger partial charge in [-0.1, -0.05) is 24.6 Å². The second kappa shape index (κ2) is 7.42. The van der Waals surface area contributed by atoms with Gasteiger partial charge < -0.3 is 4.57 Å². The molecule has 4 nitrogen and oxygen atoms in total. The minimum Gasteiger partial charge on any atom is -0.302 e. The van der Waals surface area contributed by atoms with Crippen LogP contribution in [-0.4, -0.2) is 27.5 Å². The van der Waals surface area contributed by atoms with Gasteiger partial charge in [-0.3, -0.25) is 14.7 Å². The van der Waals surface area contributed by atoms with Crippen LogP contribution < -0.4 is 5.56 Å². The Kier molecular flexibility index (Phi) is 4.85. The summed E-state index contributed by atoms with van der Waals surface area (Å²) in [6, 6.07) is 14.3. The fourth-order valence-electron chi connectivity index (χ4n) is 3.82. The molecule has 2 aromatic heterocycles. The first-order valence-electron chi connectivity index (χ1n) is 9.46. The summed E-state index contributed by atoms with van der Waals surface area (Å²) in [6.45, 7) is 5.49. The third kappa shape index (κ3) is 3.56. The van der Waals surface area contributed by atoms with Crippen molar-refractivity contribution in [3.8, 4) is 0 Å². The van der Waals surface area contributed by atoms with E-state index in [9.17, 15) is 4.79 Å². The molecule has 0 bridgehead atoms. The fraction of sp³-hybridized carbons (Fsp3) is 0.364. The summed E-state index contributed by atoms with van der Waals surface area (Å²) in [5, 5.41) is 1.12. The van der Waals surface area contributed by atoms with E-state index in [1.54, 1.807) is 6.20 Å². The zero-order valence-corrected chi connectivity index (χ0v) is 15.3. The largest absolute Gasteiger partial charge is 0.302 e. The lowest BCUT2D eigenvalue weighted by Crippen LogP contribution is -2.33. The van der Waals surface area contributed by atoms with E-state index in [0.29, 0.717) is 6.54 Å². The Morgan fingerprint density at radius 3 is 2.62 bits per heavy atom. The van der Waals surface area contributed by atoms with Gasteiger partial charge in [0.2, 0.25) is 0 Å². The molecule has 4 rings (SSSR count). The monoisotopic (exact) mass is 347 g/mol. The number of likely N-dealkylation sites (tertiary alicyclic amines) is 1. The number of hydrogen-bond acceptors (Lipinski definition) is 3. The van der Waals surface area contributed by atoms with E-state index in [1.807, 2.05) is 22.8 Å². The molecule has 0 amide bonds. The Morgan fingerprint density at radius 1 is 1.00 bits per heavy atom. The summed E-state index contributed by atoms with van der Waals surface area (Å²) < 4.78 is 1.89. The van der Waals surface area contributed by atoms with Gasteiger partial charge in [0.15, 0.2) is 0 Å². The highest BCUT2D eigenvalue weighted by Crippen LogP contribution is 2.19. The van der Waals surface area contributed by atoms with Crippen LogP contribution in [0.3, 0.4) is 0 Å². The van der Waals surface area contributed by atoms with Crippen LogP contribution in [0.15, 0.2) is 53.5 Å². The van der Waals surface area contributed by atoms with E-state index in [-0.39, 0.29) is 5.56 Å². The Morgan fingerprint density at radius 2 is 1.85 bits per heavy atom. The number of fused-ring (bicyclic) bond motifs is 1. The van der Waals surface area contributed by atoms with Crippen LogP contribution in [0.4, 0.5) is 0 Å². The van der Waals surface area contributed by atoms with Gasteiger partial charge in [0, 0.05) is 18.3 Å². The summed E-state index contributed by atoms with van der Waals surface area (Å²) in [4.78, 5) is 20.1. The van der Waals surface area contributed by atoms with E-state index >= 15 is 0 Å². The molecule has 26 heavy (non-hydrogen) atoms. The molecule has 0 unspecified atom stereocenters. The molecule has 134 valence electrons. The van der Waals surface area contributed by atoms with E-state index in [4.69, 9.17) is 0 Å². The number of rotatable bonds is 4. The smallest absolute Gasteiger partial charge is 0.255 e. The van der Waals surface area contributed by atoms with Crippen LogP contribution in [-0.2, 0) is 13.1 Å². The van der Waals surface area contributed by atoms with Gasteiger partial charge in [-0.05, 0) is 68.1 Å². The van der Waals surface area contributed by atoms with Gasteiger partial charge in [-0.2, -0.15) is 0 Å². The molecule has 1 aliphatic heterocycles. The number of aryl methyl sites for hydroxylation is 1. The summed E-state index contributed by atoms with van der Waals surface area (Å²) in [5.41, 5.74) is 4.06. The molecule has 1 fully saturated rings. The van der Waals surface area contributed by atoms with Gasteiger partial charge in [0.1, 0.15) is 0 Å². The number of piperidine rings is 1. The number of hydrogen-bond donors (Lipinski definition) is 0. The van der Waals surface area contributed by atoms with Crippen LogP contribution >= 0.6 is 0 Å². The molecule has 0 N–H and O–H groups in total. The van der Waals surface area contributed by atoms with Crippen molar-refractivity contribution in [1.29, 1.82) is 0 Å². The molecule has 4 heteroatoms. The van der Waals surface area contributed by atoms with Crippen LogP contribution in [0.25, 0.3) is 10.9 Å². The standard InChI is InChI=1S/C22H25N3O/c1-17-8-9-18-14-19(15-24-11-5-2-6-12-24)22(26)25(21(18)13-17)16-20-7-3-4-10-23-20/h3-4,7-10,13-14H,2,5-6,11-12,15-16H2,1H3. The molecule has 0 radical (unpaired) electrons. The first-order valence-corrected chi connectivity index (χ1v) is 9.46. The van der Waals surface area contributed by atoms with E-state index in [0.717, 1.165) is 47.4 Å². The van der Waals surface area contributed by atoms with Crippen molar-refractivity contribution in [2.75, 3.05) is 13.1 Å². The lowest BCUT2D eigenvalue weighted by atomic mass is 10.1. The quantitative estimate of drug-likeness (QED) is 0.722. The lowest BCUT2D eigenvalue weighted by molar-refractivity contribution is 0.220. The van der Waals surface area contributed by atoms with E-state index in [1.165, 1.54) is 19.3 Å². The Bertz CT molecular complexity index is 956. The second-order valence-corrected chi connectivity index (χ2v) is 7.28. The predicted octanol–water partition coefficient (Wildman–Crippen LogP) is 3.74. The zero-order chi connectivity index (χ0) is 17.9. The van der Waals surface area contributed by atoms with Crippen molar-refractivity contribution in [3.63, 3.8) is 0 Å². The van der Waals surface area contributed by atoms with Gasteiger partial charge in [-0.15, -0.1) is 0 Å². The molecule has 0 spiro atoms. The molecule has 1 saturated heterocycles. The van der Waals surface area contributed by atoms with Crippen LogP contribution in [0.2, 0.25) is 0 Å². The Balaban J connectivity index is 1.79. The summed E-state index contributed by atoms with van der Waals surface area (Å²) in [6.07, 6.45) is 5.55. The number of aromatic nitrogens is 2. The van der Waals surface area contributed by atoms with Crippen molar-refractivity contribution in [1.82, 2.24) is 14.5 Å². The first-order chi connectivity index (χ1) is 12.7. The van der Waals surface area contributed by atoms with Crippen LogP contribution in [0, 0.1) is 6.92 Å². The number of nitrogens with zero attached hydrogens (tertiary/aromatic N) is 3. The van der Waals surface area contributed by atoms with E-state index < -0.39 is 0 Å². The molecule has 3 aromatic rings. The minimum atomic E-state index is 0.110. The van der Waals surface area contributed by atoms with Crippen LogP contribution in [0.1, 0.15) is 36.1 Å². The SMILES string of the molecule is Cc1ccc2cc(CN3CCCCC3)c(=O)n(Cc3ccccn3)c2c1. The van der Waals surface area contributed by atoms with Crippen LogP contribution in [0.5, 0.6) is 0 Å². The summed E-state index contributed by atoms with van der Waals surface area (Å²) >= 11 is 0. The van der Waals surface area contributed by atoms with Crippen molar-refractivity contribution in [2.45, 2.75) is 39.3 Å². The molecular formula is C22H25N3O. The molecule has 3 heterocycles. The van der Waals surface area contributed by atoms with Crippen molar-refractivity contribution < 1.29 is 0 Å². The number of benzene rings is 1.